The van der Waals surface area contributed by atoms with Gasteiger partial charge in [0.25, 0.3) is 0 Å². The van der Waals surface area contributed by atoms with Crippen molar-refractivity contribution in [3.8, 4) is 0 Å². The van der Waals surface area contributed by atoms with Crippen molar-refractivity contribution in [3.63, 3.8) is 0 Å². The molecule has 1 aromatic carbocycles. The summed E-state index contributed by atoms with van der Waals surface area (Å²) in [6, 6.07) is 5.88. The monoisotopic (exact) mass is 277 g/mol. The molecule has 0 atom stereocenters. The number of carbonyl (C=O) groups excluding carboxylic acids is 1. The number of rotatable bonds is 4. The zero-order chi connectivity index (χ0) is 13.7. The van der Waals surface area contributed by atoms with Gasteiger partial charge in [-0.15, -0.1) is 10.2 Å². The number of aromatic nitrogens is 2. The molecule has 2 rings (SSSR count). The molecule has 0 saturated carbocycles. The van der Waals surface area contributed by atoms with Crippen molar-refractivity contribution in [1.29, 1.82) is 0 Å². The third-order valence-electron chi connectivity index (χ3n) is 2.30. The summed E-state index contributed by atoms with van der Waals surface area (Å²) in [5.74, 6) is -0.592. The second-order valence-corrected chi connectivity index (χ2v) is 4.79. The van der Waals surface area contributed by atoms with E-state index in [1.54, 1.807) is 18.2 Å². The number of nitrogens with one attached hydrogen (secondary N) is 1. The van der Waals surface area contributed by atoms with Crippen LogP contribution in [0.15, 0.2) is 30.3 Å². The Hall–Kier alpha value is -2.08. The molecule has 0 aliphatic carbocycles. The van der Waals surface area contributed by atoms with Gasteiger partial charge in [-0.25, -0.2) is 4.39 Å². The molecule has 0 bridgehead atoms. The van der Waals surface area contributed by atoms with E-state index in [1.807, 2.05) is 6.92 Å². The summed E-state index contributed by atoms with van der Waals surface area (Å²) in [5, 5.41) is 11.7. The van der Waals surface area contributed by atoms with Crippen LogP contribution < -0.4 is 5.32 Å². The van der Waals surface area contributed by atoms with Crippen LogP contribution >= 0.6 is 11.3 Å². The maximum absolute atomic E-state index is 12.7. The van der Waals surface area contributed by atoms with E-state index in [9.17, 15) is 9.18 Å². The van der Waals surface area contributed by atoms with Crippen molar-refractivity contribution in [3.05, 3.63) is 46.7 Å². The number of amides is 1. The first-order valence-electron chi connectivity index (χ1n) is 5.74. The van der Waals surface area contributed by atoms with Gasteiger partial charge in [0.1, 0.15) is 10.8 Å². The lowest BCUT2D eigenvalue weighted by molar-refractivity contribution is -0.111. The lowest BCUT2D eigenvalue weighted by Crippen LogP contribution is -2.07. The van der Waals surface area contributed by atoms with Crippen LogP contribution in [0, 0.1) is 5.82 Å². The summed E-state index contributed by atoms with van der Waals surface area (Å²) in [4.78, 5) is 11.6. The molecule has 1 amide bonds. The SMILES string of the molecule is CCc1nnc(NC(=O)/C=C/c2ccc(F)cc2)s1. The highest BCUT2D eigenvalue weighted by Crippen LogP contribution is 2.15. The Morgan fingerprint density at radius 1 is 1.37 bits per heavy atom. The molecule has 1 aromatic heterocycles. The number of hydrogen-bond donors (Lipinski definition) is 1. The quantitative estimate of drug-likeness (QED) is 0.874. The molecule has 6 heteroatoms. The minimum atomic E-state index is -0.303. The van der Waals surface area contributed by atoms with Crippen LogP contribution in [0.25, 0.3) is 6.08 Å². The number of aryl methyl sites for hydroxylation is 1. The molecule has 1 N–H and O–H groups in total. The van der Waals surface area contributed by atoms with E-state index >= 15 is 0 Å². The summed E-state index contributed by atoms with van der Waals surface area (Å²) < 4.78 is 12.7. The fraction of sp³-hybridized carbons (Fsp3) is 0.154. The molecule has 1 heterocycles. The molecule has 4 nitrogen and oxygen atoms in total. The molecule has 0 aliphatic heterocycles. The standard InChI is InChI=1S/C13H12FN3OS/c1-2-12-16-17-13(19-12)15-11(18)8-5-9-3-6-10(14)7-4-9/h3-8H,2H2,1H3,(H,15,17,18)/b8-5+. The first-order chi connectivity index (χ1) is 9.17. The van der Waals surface area contributed by atoms with Gasteiger partial charge in [-0.1, -0.05) is 30.4 Å². The second-order valence-electron chi connectivity index (χ2n) is 3.73. The fourth-order valence-electron chi connectivity index (χ4n) is 1.34. The zero-order valence-electron chi connectivity index (χ0n) is 10.3. The lowest BCUT2D eigenvalue weighted by Gasteiger charge is -1.95. The van der Waals surface area contributed by atoms with E-state index in [2.05, 4.69) is 15.5 Å². The summed E-state index contributed by atoms with van der Waals surface area (Å²) in [7, 11) is 0. The number of hydrogen-bond acceptors (Lipinski definition) is 4. The average molecular weight is 277 g/mol. The van der Waals surface area contributed by atoms with Crippen molar-refractivity contribution >= 4 is 28.5 Å². The van der Waals surface area contributed by atoms with Gasteiger partial charge in [0.05, 0.1) is 0 Å². The van der Waals surface area contributed by atoms with Gasteiger partial charge in [-0.3, -0.25) is 10.1 Å². The molecule has 0 unspecified atom stereocenters. The first kappa shape index (κ1) is 13.4. The summed E-state index contributed by atoms with van der Waals surface area (Å²) >= 11 is 1.35. The maximum atomic E-state index is 12.7. The largest absolute Gasteiger partial charge is 0.297 e. The van der Waals surface area contributed by atoms with Crippen molar-refractivity contribution in [2.75, 3.05) is 5.32 Å². The fourth-order valence-corrected chi connectivity index (χ4v) is 2.02. The van der Waals surface area contributed by atoms with Gasteiger partial charge in [0.15, 0.2) is 0 Å². The van der Waals surface area contributed by atoms with Crippen LogP contribution in [-0.4, -0.2) is 16.1 Å². The van der Waals surface area contributed by atoms with Crippen molar-refractivity contribution in [1.82, 2.24) is 10.2 Å². The van der Waals surface area contributed by atoms with Crippen LogP contribution in [0.5, 0.6) is 0 Å². The number of nitrogens with zero attached hydrogens (tertiary/aromatic N) is 2. The predicted molar refractivity (Wildman–Crippen MR) is 73.4 cm³/mol. The predicted octanol–water partition coefficient (Wildman–Crippen LogP) is 2.89. The summed E-state index contributed by atoms with van der Waals surface area (Å²) in [6.45, 7) is 1.97. The van der Waals surface area contributed by atoms with Crippen LogP contribution in [0.3, 0.4) is 0 Å². The van der Waals surface area contributed by atoms with Gasteiger partial charge in [-0.2, -0.15) is 0 Å². The minimum absolute atomic E-state index is 0.289. The third-order valence-corrected chi connectivity index (χ3v) is 3.28. The Morgan fingerprint density at radius 2 is 2.11 bits per heavy atom. The summed E-state index contributed by atoms with van der Waals surface area (Å²) in [6.07, 6.45) is 3.77. The highest BCUT2D eigenvalue weighted by atomic mass is 32.1. The third kappa shape index (κ3) is 3.96. The Kier molecular flexibility index (Phi) is 4.35. The Morgan fingerprint density at radius 3 is 2.74 bits per heavy atom. The van der Waals surface area contributed by atoms with E-state index in [1.165, 1.54) is 29.5 Å². The smallest absolute Gasteiger partial charge is 0.250 e. The summed E-state index contributed by atoms with van der Waals surface area (Å²) in [5.41, 5.74) is 0.753. The number of carbonyl (C=O) groups is 1. The van der Waals surface area contributed by atoms with Gasteiger partial charge in [0, 0.05) is 6.08 Å². The number of halogens is 1. The molecule has 19 heavy (non-hydrogen) atoms. The van der Waals surface area contributed by atoms with Crippen molar-refractivity contribution < 1.29 is 9.18 Å². The van der Waals surface area contributed by atoms with Crippen molar-refractivity contribution in [2.45, 2.75) is 13.3 Å². The maximum Gasteiger partial charge on any atom is 0.250 e. The Labute approximate surface area is 114 Å². The van der Waals surface area contributed by atoms with E-state index in [-0.39, 0.29) is 11.7 Å². The van der Waals surface area contributed by atoms with Crippen LogP contribution in [0.2, 0.25) is 0 Å². The normalized spacial score (nSPS) is 10.8. The van der Waals surface area contributed by atoms with Gasteiger partial charge < -0.3 is 0 Å². The van der Waals surface area contributed by atoms with Gasteiger partial charge >= 0.3 is 0 Å². The number of benzene rings is 1. The molecule has 98 valence electrons. The second kappa shape index (κ2) is 6.19. The van der Waals surface area contributed by atoms with Crippen LogP contribution in [0.1, 0.15) is 17.5 Å². The van der Waals surface area contributed by atoms with Crippen LogP contribution in [-0.2, 0) is 11.2 Å². The average Bonchev–Trinajstić information content (AvgIpc) is 2.86. The molecule has 0 radical (unpaired) electrons. The van der Waals surface area contributed by atoms with Crippen molar-refractivity contribution in [2.24, 2.45) is 0 Å². The molecule has 0 spiro atoms. The lowest BCUT2D eigenvalue weighted by atomic mass is 10.2. The number of anilines is 1. The molecule has 0 saturated heterocycles. The molecule has 2 aromatic rings. The van der Waals surface area contributed by atoms with E-state index in [0.29, 0.717) is 5.13 Å². The topological polar surface area (TPSA) is 54.9 Å². The van der Waals surface area contributed by atoms with Crippen LogP contribution in [0.4, 0.5) is 9.52 Å². The zero-order valence-corrected chi connectivity index (χ0v) is 11.1. The van der Waals surface area contributed by atoms with E-state index in [4.69, 9.17) is 0 Å². The minimum Gasteiger partial charge on any atom is -0.297 e. The highest BCUT2D eigenvalue weighted by molar-refractivity contribution is 7.15. The highest BCUT2D eigenvalue weighted by Gasteiger charge is 2.04. The van der Waals surface area contributed by atoms with Gasteiger partial charge in [-0.05, 0) is 30.2 Å². The van der Waals surface area contributed by atoms with Gasteiger partial charge in [0.2, 0.25) is 11.0 Å². The first-order valence-corrected chi connectivity index (χ1v) is 6.56. The van der Waals surface area contributed by atoms with E-state index in [0.717, 1.165) is 17.0 Å². The molecular formula is C13H12FN3OS. The molecular weight excluding hydrogens is 265 g/mol. The Balaban J connectivity index is 1.95. The molecule has 0 aliphatic rings. The Bertz CT molecular complexity index is 592. The molecule has 0 fully saturated rings. The van der Waals surface area contributed by atoms with E-state index < -0.39 is 0 Å².